The quantitative estimate of drug-likeness (QED) is 0.685. The van der Waals surface area contributed by atoms with Gasteiger partial charge in [-0.15, -0.1) is 0 Å². The van der Waals surface area contributed by atoms with Gasteiger partial charge in [0.1, 0.15) is 0 Å². The molecule has 0 atom stereocenters. The molecule has 1 aliphatic carbocycles. The second-order valence-electron chi connectivity index (χ2n) is 4.27. The zero-order chi connectivity index (χ0) is 11.5. The molecular formula is C17H14. The van der Waals surface area contributed by atoms with E-state index in [0.717, 1.165) is 6.42 Å². The Bertz CT molecular complexity index is 557. The molecule has 0 heteroatoms. The first-order valence-electron chi connectivity index (χ1n) is 5.95. The van der Waals surface area contributed by atoms with Gasteiger partial charge in [0.25, 0.3) is 0 Å². The molecular weight excluding hydrogens is 204 g/mol. The van der Waals surface area contributed by atoms with E-state index in [2.05, 4.69) is 66.8 Å². The third-order valence-electron chi connectivity index (χ3n) is 3.13. The SMILES string of the molecule is C1=CCC(c2ccc(-c3ccccc3)cc2)=C1. The number of allylic oxidation sites excluding steroid dienone is 4. The third kappa shape index (κ3) is 2.07. The molecule has 3 rings (SSSR count). The summed E-state index contributed by atoms with van der Waals surface area (Å²) in [6, 6.07) is 19.3. The number of hydrogen-bond acceptors (Lipinski definition) is 0. The van der Waals surface area contributed by atoms with E-state index in [9.17, 15) is 0 Å². The van der Waals surface area contributed by atoms with Crippen molar-refractivity contribution >= 4 is 5.57 Å². The topological polar surface area (TPSA) is 0 Å². The second kappa shape index (κ2) is 4.42. The van der Waals surface area contributed by atoms with Crippen molar-refractivity contribution in [1.82, 2.24) is 0 Å². The van der Waals surface area contributed by atoms with Crippen LogP contribution >= 0.6 is 0 Å². The summed E-state index contributed by atoms with van der Waals surface area (Å²) < 4.78 is 0. The van der Waals surface area contributed by atoms with Crippen LogP contribution in [-0.2, 0) is 0 Å². The van der Waals surface area contributed by atoms with Crippen LogP contribution in [-0.4, -0.2) is 0 Å². The summed E-state index contributed by atoms with van der Waals surface area (Å²) in [5, 5.41) is 0. The lowest BCUT2D eigenvalue weighted by atomic mass is 10.00. The number of benzene rings is 2. The van der Waals surface area contributed by atoms with Crippen LogP contribution in [0.1, 0.15) is 12.0 Å². The van der Waals surface area contributed by atoms with Crippen LogP contribution in [0.15, 0.2) is 72.8 Å². The Kier molecular flexibility index (Phi) is 2.63. The van der Waals surface area contributed by atoms with Crippen LogP contribution in [0, 0.1) is 0 Å². The average Bonchev–Trinajstić information content (AvgIpc) is 2.94. The molecule has 0 nitrogen and oxygen atoms in total. The van der Waals surface area contributed by atoms with Crippen molar-refractivity contribution in [2.75, 3.05) is 0 Å². The monoisotopic (exact) mass is 218 g/mol. The molecule has 0 bridgehead atoms. The minimum Gasteiger partial charge on any atom is -0.0801 e. The molecule has 0 spiro atoms. The van der Waals surface area contributed by atoms with Gasteiger partial charge in [0.05, 0.1) is 0 Å². The van der Waals surface area contributed by atoms with Crippen molar-refractivity contribution < 1.29 is 0 Å². The van der Waals surface area contributed by atoms with Gasteiger partial charge in [-0.3, -0.25) is 0 Å². The van der Waals surface area contributed by atoms with E-state index in [4.69, 9.17) is 0 Å². The first kappa shape index (κ1) is 10.1. The lowest BCUT2D eigenvalue weighted by Crippen LogP contribution is -1.82. The van der Waals surface area contributed by atoms with Crippen LogP contribution in [0.4, 0.5) is 0 Å². The summed E-state index contributed by atoms with van der Waals surface area (Å²) in [6.45, 7) is 0. The first-order chi connectivity index (χ1) is 8.43. The van der Waals surface area contributed by atoms with Gasteiger partial charge in [0.15, 0.2) is 0 Å². The van der Waals surface area contributed by atoms with Gasteiger partial charge in [-0.05, 0) is 28.7 Å². The predicted molar refractivity (Wildman–Crippen MR) is 73.6 cm³/mol. The molecule has 0 N–H and O–H groups in total. The van der Waals surface area contributed by atoms with Crippen LogP contribution in [0.3, 0.4) is 0 Å². The Morgan fingerprint density at radius 3 is 1.94 bits per heavy atom. The van der Waals surface area contributed by atoms with Gasteiger partial charge >= 0.3 is 0 Å². The second-order valence-corrected chi connectivity index (χ2v) is 4.27. The van der Waals surface area contributed by atoms with Crippen molar-refractivity contribution in [2.24, 2.45) is 0 Å². The smallest absolute Gasteiger partial charge is 0.00884 e. The Morgan fingerprint density at radius 2 is 1.29 bits per heavy atom. The molecule has 82 valence electrons. The number of rotatable bonds is 2. The average molecular weight is 218 g/mol. The molecule has 0 amide bonds. The van der Waals surface area contributed by atoms with Crippen molar-refractivity contribution in [3.05, 3.63) is 78.4 Å². The Morgan fingerprint density at radius 1 is 0.647 bits per heavy atom. The molecule has 0 radical (unpaired) electrons. The molecule has 0 saturated heterocycles. The van der Waals surface area contributed by atoms with E-state index < -0.39 is 0 Å². The van der Waals surface area contributed by atoms with Gasteiger partial charge in [-0.1, -0.05) is 72.8 Å². The Hall–Kier alpha value is -2.08. The summed E-state index contributed by atoms with van der Waals surface area (Å²) in [5.74, 6) is 0. The molecule has 0 aliphatic heterocycles. The summed E-state index contributed by atoms with van der Waals surface area (Å²) in [5.41, 5.74) is 5.29. The molecule has 0 saturated carbocycles. The van der Waals surface area contributed by atoms with E-state index in [1.165, 1.54) is 22.3 Å². The molecule has 2 aromatic rings. The largest absolute Gasteiger partial charge is 0.0801 e. The summed E-state index contributed by atoms with van der Waals surface area (Å²) in [4.78, 5) is 0. The zero-order valence-electron chi connectivity index (χ0n) is 9.64. The minimum absolute atomic E-state index is 1.06. The molecule has 2 aromatic carbocycles. The lowest BCUT2D eigenvalue weighted by molar-refractivity contribution is 1.43. The van der Waals surface area contributed by atoms with Crippen LogP contribution < -0.4 is 0 Å². The summed E-state index contributed by atoms with van der Waals surface area (Å²) in [6.07, 6.45) is 7.57. The Labute approximate surface area is 102 Å². The van der Waals surface area contributed by atoms with E-state index >= 15 is 0 Å². The minimum atomic E-state index is 1.06. The zero-order valence-corrected chi connectivity index (χ0v) is 9.64. The van der Waals surface area contributed by atoms with Crippen LogP contribution in [0.5, 0.6) is 0 Å². The highest BCUT2D eigenvalue weighted by Gasteiger charge is 2.03. The van der Waals surface area contributed by atoms with Gasteiger partial charge in [0, 0.05) is 0 Å². The molecule has 0 unspecified atom stereocenters. The van der Waals surface area contributed by atoms with Gasteiger partial charge in [-0.2, -0.15) is 0 Å². The molecule has 0 fully saturated rings. The van der Waals surface area contributed by atoms with Crippen LogP contribution in [0.25, 0.3) is 16.7 Å². The Balaban J connectivity index is 1.90. The van der Waals surface area contributed by atoms with E-state index in [1.54, 1.807) is 0 Å². The van der Waals surface area contributed by atoms with E-state index in [1.807, 2.05) is 6.07 Å². The van der Waals surface area contributed by atoms with E-state index in [-0.39, 0.29) is 0 Å². The van der Waals surface area contributed by atoms with Gasteiger partial charge in [-0.25, -0.2) is 0 Å². The highest BCUT2D eigenvalue weighted by Crippen LogP contribution is 2.26. The van der Waals surface area contributed by atoms with E-state index in [0.29, 0.717) is 0 Å². The fourth-order valence-electron chi connectivity index (χ4n) is 2.17. The maximum Gasteiger partial charge on any atom is -0.00884 e. The molecule has 0 aromatic heterocycles. The van der Waals surface area contributed by atoms with Gasteiger partial charge < -0.3 is 0 Å². The highest BCUT2D eigenvalue weighted by molar-refractivity contribution is 5.73. The molecule has 1 aliphatic rings. The predicted octanol–water partition coefficient (Wildman–Crippen LogP) is 4.70. The normalized spacial score (nSPS) is 13.8. The van der Waals surface area contributed by atoms with Crippen molar-refractivity contribution in [3.63, 3.8) is 0 Å². The fraction of sp³-hybridized carbons (Fsp3) is 0.0588. The maximum absolute atomic E-state index is 2.21. The molecule has 17 heavy (non-hydrogen) atoms. The summed E-state index contributed by atoms with van der Waals surface area (Å²) in [7, 11) is 0. The van der Waals surface area contributed by atoms with Crippen molar-refractivity contribution in [3.8, 4) is 11.1 Å². The third-order valence-corrected chi connectivity index (χ3v) is 3.13. The van der Waals surface area contributed by atoms with Crippen molar-refractivity contribution in [1.29, 1.82) is 0 Å². The fourth-order valence-corrected chi connectivity index (χ4v) is 2.17. The maximum atomic E-state index is 2.21. The standard InChI is InChI=1S/C17H14/c1-2-6-14(7-3-1)16-10-12-17(13-11-16)15-8-4-5-9-15/h1-8,10-13H,9H2. The van der Waals surface area contributed by atoms with Gasteiger partial charge in [0.2, 0.25) is 0 Å². The lowest BCUT2D eigenvalue weighted by Gasteiger charge is -2.05. The highest BCUT2D eigenvalue weighted by atomic mass is 14.1. The number of hydrogen-bond donors (Lipinski definition) is 0. The van der Waals surface area contributed by atoms with Crippen LogP contribution in [0.2, 0.25) is 0 Å². The first-order valence-corrected chi connectivity index (χ1v) is 5.95. The molecule has 0 heterocycles. The summed E-state index contributed by atoms with van der Waals surface area (Å²) >= 11 is 0. The van der Waals surface area contributed by atoms with Crippen molar-refractivity contribution in [2.45, 2.75) is 6.42 Å².